The number of rotatable bonds is 8. The molecule has 1 aliphatic carbocycles. The van der Waals surface area contributed by atoms with E-state index in [4.69, 9.17) is 5.11 Å². The Morgan fingerprint density at radius 1 is 0.971 bits per heavy atom. The van der Waals surface area contributed by atoms with E-state index in [1.54, 1.807) is 0 Å². The number of aliphatic carboxylic acids is 1. The van der Waals surface area contributed by atoms with Crippen molar-refractivity contribution in [3.05, 3.63) is 77.6 Å². The third-order valence-electron chi connectivity index (χ3n) is 6.99. The molecule has 3 heteroatoms. The number of nitrogens with zero attached hydrogens (tertiary/aromatic N) is 1. The maximum absolute atomic E-state index is 10.9. The summed E-state index contributed by atoms with van der Waals surface area (Å²) in [6.07, 6.45) is 9.22. The molecule has 2 aromatic carbocycles. The molecule has 34 heavy (non-hydrogen) atoms. The van der Waals surface area contributed by atoms with Crippen molar-refractivity contribution in [1.82, 2.24) is 4.57 Å². The van der Waals surface area contributed by atoms with Gasteiger partial charge in [0.2, 0.25) is 0 Å². The molecule has 3 nitrogen and oxygen atoms in total. The molecule has 0 atom stereocenters. The van der Waals surface area contributed by atoms with Gasteiger partial charge in [-0.25, -0.2) is 0 Å². The van der Waals surface area contributed by atoms with Crippen LogP contribution in [0.5, 0.6) is 0 Å². The van der Waals surface area contributed by atoms with Crippen LogP contribution >= 0.6 is 0 Å². The molecule has 1 N–H and O–H groups in total. The molecule has 0 bridgehead atoms. The molecule has 3 aromatic rings. The Balaban J connectivity index is 1.80. The zero-order valence-electron chi connectivity index (χ0n) is 21.0. The number of carboxylic acid groups (broad SMARTS) is 1. The van der Waals surface area contributed by atoms with Gasteiger partial charge in [0.1, 0.15) is 0 Å². The molecule has 1 aliphatic rings. The highest BCUT2D eigenvalue weighted by Gasteiger charge is 2.27. The third kappa shape index (κ3) is 6.00. The van der Waals surface area contributed by atoms with Gasteiger partial charge >= 0.3 is 5.97 Å². The summed E-state index contributed by atoms with van der Waals surface area (Å²) < 4.78 is 2.56. The van der Waals surface area contributed by atoms with Crippen LogP contribution in [0.15, 0.2) is 60.7 Å². The lowest BCUT2D eigenvalue weighted by atomic mass is 9.86. The van der Waals surface area contributed by atoms with Crippen LogP contribution < -0.4 is 0 Å². The average molecular weight is 458 g/mol. The fourth-order valence-electron chi connectivity index (χ4n) is 5.38. The lowest BCUT2D eigenvalue weighted by molar-refractivity contribution is -0.137. The summed E-state index contributed by atoms with van der Waals surface area (Å²) in [5.74, 6) is -0.124. The van der Waals surface area contributed by atoms with Crippen molar-refractivity contribution in [3.63, 3.8) is 0 Å². The zero-order valence-corrected chi connectivity index (χ0v) is 21.0. The van der Waals surface area contributed by atoms with Crippen LogP contribution in [0, 0.1) is 5.41 Å². The number of hydrogen-bond donors (Lipinski definition) is 1. The first-order valence-electron chi connectivity index (χ1n) is 12.9. The highest BCUT2D eigenvalue weighted by molar-refractivity contribution is 5.69. The maximum atomic E-state index is 10.9. The van der Waals surface area contributed by atoms with Gasteiger partial charge in [0, 0.05) is 29.1 Å². The topological polar surface area (TPSA) is 42.2 Å². The van der Waals surface area contributed by atoms with Crippen molar-refractivity contribution in [2.24, 2.45) is 5.41 Å². The van der Waals surface area contributed by atoms with E-state index >= 15 is 0 Å². The van der Waals surface area contributed by atoms with Crippen molar-refractivity contribution in [2.75, 3.05) is 0 Å². The molecule has 0 spiro atoms. The monoisotopic (exact) mass is 457 g/mol. The first-order chi connectivity index (χ1) is 16.3. The van der Waals surface area contributed by atoms with Crippen LogP contribution in [0.1, 0.15) is 88.6 Å². The zero-order chi connectivity index (χ0) is 24.1. The van der Waals surface area contributed by atoms with Gasteiger partial charge in [0.25, 0.3) is 0 Å². The van der Waals surface area contributed by atoms with Gasteiger partial charge in [-0.1, -0.05) is 82.5 Å². The fraction of sp³-hybridized carbons (Fsp3) is 0.452. The second kappa shape index (κ2) is 10.6. The van der Waals surface area contributed by atoms with Crippen LogP contribution in [0.4, 0.5) is 0 Å². The number of carboxylic acids is 1. The lowest BCUT2D eigenvalue weighted by Crippen LogP contribution is -2.16. The smallest absolute Gasteiger partial charge is 0.303 e. The first-order valence-corrected chi connectivity index (χ1v) is 12.9. The minimum absolute atomic E-state index is 0.167. The van der Waals surface area contributed by atoms with Crippen LogP contribution in [0.2, 0.25) is 0 Å². The molecule has 1 aromatic heterocycles. The Labute approximate surface area is 204 Å². The molecule has 0 amide bonds. The predicted molar refractivity (Wildman–Crippen MR) is 141 cm³/mol. The molecule has 1 fully saturated rings. The Hall–Kier alpha value is -2.81. The van der Waals surface area contributed by atoms with Crippen molar-refractivity contribution in [1.29, 1.82) is 0 Å². The van der Waals surface area contributed by atoms with Crippen LogP contribution in [0.25, 0.3) is 16.8 Å². The highest BCUT2D eigenvalue weighted by atomic mass is 16.4. The maximum Gasteiger partial charge on any atom is 0.303 e. The van der Waals surface area contributed by atoms with E-state index in [0.29, 0.717) is 12.3 Å². The molecule has 1 saturated carbocycles. The Kier molecular flexibility index (Phi) is 7.60. The summed E-state index contributed by atoms with van der Waals surface area (Å²) in [5, 5.41) is 8.95. The van der Waals surface area contributed by atoms with Gasteiger partial charge in [0.05, 0.1) is 0 Å². The minimum atomic E-state index is -0.721. The summed E-state index contributed by atoms with van der Waals surface area (Å²) in [5.41, 5.74) is 8.11. The second-order valence-electron chi connectivity index (χ2n) is 11.1. The molecular weight excluding hydrogens is 418 g/mol. The predicted octanol–water partition coefficient (Wildman–Crippen LogP) is 8.19. The molecule has 180 valence electrons. The van der Waals surface area contributed by atoms with Gasteiger partial charge in [-0.05, 0) is 72.8 Å². The Bertz CT molecular complexity index is 1080. The van der Waals surface area contributed by atoms with Gasteiger partial charge in [-0.2, -0.15) is 0 Å². The van der Waals surface area contributed by atoms with E-state index in [9.17, 15) is 4.79 Å². The van der Waals surface area contributed by atoms with E-state index in [-0.39, 0.29) is 11.8 Å². The highest BCUT2D eigenvalue weighted by Crippen LogP contribution is 2.41. The summed E-state index contributed by atoms with van der Waals surface area (Å²) in [6.45, 7) is 6.97. The summed E-state index contributed by atoms with van der Waals surface area (Å²) in [6, 6.07) is 22.2. The van der Waals surface area contributed by atoms with Crippen molar-refractivity contribution >= 4 is 5.97 Å². The molecule has 0 unspecified atom stereocenters. The minimum Gasteiger partial charge on any atom is -0.481 e. The summed E-state index contributed by atoms with van der Waals surface area (Å²) in [7, 11) is 0. The quantitative estimate of drug-likeness (QED) is 0.370. The van der Waals surface area contributed by atoms with Gasteiger partial charge in [-0.3, -0.25) is 4.79 Å². The summed E-state index contributed by atoms with van der Waals surface area (Å²) >= 11 is 0. The van der Waals surface area contributed by atoms with E-state index in [0.717, 1.165) is 12.8 Å². The fourth-order valence-corrected chi connectivity index (χ4v) is 5.38. The third-order valence-corrected chi connectivity index (χ3v) is 6.99. The Morgan fingerprint density at radius 2 is 1.65 bits per heavy atom. The molecule has 4 rings (SSSR count). The normalized spacial score (nSPS) is 14.9. The molecule has 0 saturated heterocycles. The lowest BCUT2D eigenvalue weighted by Gasteiger charge is -2.26. The van der Waals surface area contributed by atoms with E-state index in [1.807, 2.05) is 0 Å². The van der Waals surface area contributed by atoms with Gasteiger partial charge < -0.3 is 9.67 Å². The van der Waals surface area contributed by atoms with Crippen molar-refractivity contribution < 1.29 is 9.90 Å². The first kappa shape index (κ1) is 24.3. The van der Waals surface area contributed by atoms with Crippen LogP contribution in [0.3, 0.4) is 0 Å². The van der Waals surface area contributed by atoms with Crippen molar-refractivity contribution in [2.45, 2.75) is 84.5 Å². The molecule has 1 heterocycles. The number of aromatic nitrogens is 1. The standard InChI is InChI=1S/C31H39NO2/c1-31(2,3)22-29-27(24-12-6-4-7-13-24)21-28(25-14-8-5-9-15-25)32(29)26-19-17-23(18-20-26)11-10-16-30(33)34/h4,6-7,12-13,17-21,25H,5,8-11,14-16,22H2,1-3H3,(H,33,34). The molecular formula is C31H39NO2. The van der Waals surface area contributed by atoms with Gasteiger partial charge in [0.15, 0.2) is 0 Å². The molecule has 0 radical (unpaired) electrons. The Morgan fingerprint density at radius 3 is 2.26 bits per heavy atom. The SMILES string of the molecule is CC(C)(C)Cc1c(-c2ccccc2)cc(C2CCCCC2)n1-c1ccc(CCCC(=O)O)cc1. The van der Waals surface area contributed by atoms with Crippen molar-refractivity contribution in [3.8, 4) is 16.8 Å². The van der Waals surface area contributed by atoms with E-state index in [1.165, 1.54) is 65.9 Å². The van der Waals surface area contributed by atoms with Gasteiger partial charge in [-0.15, -0.1) is 0 Å². The molecule has 0 aliphatic heterocycles. The largest absolute Gasteiger partial charge is 0.481 e. The van der Waals surface area contributed by atoms with E-state index in [2.05, 4.69) is 86.0 Å². The van der Waals surface area contributed by atoms with E-state index < -0.39 is 5.97 Å². The average Bonchev–Trinajstić information content (AvgIpc) is 3.18. The number of carbonyl (C=O) groups is 1. The second-order valence-corrected chi connectivity index (χ2v) is 11.1. The van der Waals surface area contributed by atoms with Crippen LogP contribution in [-0.2, 0) is 17.6 Å². The summed E-state index contributed by atoms with van der Waals surface area (Å²) in [4.78, 5) is 10.9. The van der Waals surface area contributed by atoms with Crippen LogP contribution in [-0.4, -0.2) is 15.6 Å². The number of hydrogen-bond acceptors (Lipinski definition) is 1. The number of benzene rings is 2. The number of aryl methyl sites for hydroxylation is 1.